The summed E-state index contributed by atoms with van der Waals surface area (Å²) in [7, 11) is -109. The Bertz CT molecular complexity index is 1850. The van der Waals surface area contributed by atoms with Crippen LogP contribution in [-0.2, 0) is 137 Å². The molecule has 796 valence electrons. The van der Waals surface area contributed by atoms with E-state index < -0.39 is 248 Å². The van der Waals surface area contributed by atoms with Crippen molar-refractivity contribution in [2.45, 2.75) is 0 Å². The molecule has 0 heterocycles. The van der Waals surface area contributed by atoms with Crippen molar-refractivity contribution in [2.75, 3.05) is 0 Å². The van der Waals surface area contributed by atoms with E-state index in [1.165, 1.54) is 0 Å². The summed E-state index contributed by atoms with van der Waals surface area (Å²) in [5.74, 6) is 0. The molecular weight excluding hydrogens is 2590 g/mol. The van der Waals surface area contributed by atoms with E-state index in [1.807, 2.05) is 0 Å². The topological polar surface area (TPSA) is 1900 Å². The van der Waals surface area contributed by atoms with E-state index in [2.05, 4.69) is 18.9 Å². The van der Waals surface area contributed by atoms with Gasteiger partial charge in [-0.05, 0) is 0 Å². The molecule has 0 spiro atoms. The maximum atomic E-state index is 8.52. The summed E-state index contributed by atoms with van der Waals surface area (Å²) in [4.78, 5) is 511. The standard InChI is InChI=1S/C3H4.15C.30H3O3P/c1-3-2;;;;;;;;;;;;;;;;30*1-4(2)3/h1-2H2;;;;;;;;;;;;;;;;30*4H,(H2,1,2,3)/q;15*+4;;;;;;;;;;;;;;;;;;;;;;;;;;;;;;/p-60. The van der Waals surface area contributed by atoms with Gasteiger partial charge in [0.2, 0.25) is 0 Å². The zero-order chi connectivity index (χ0) is 110. The third kappa shape index (κ3) is 167000. The van der Waals surface area contributed by atoms with Crippen LogP contribution in [-0.4, -0.2) is 0 Å². The van der Waals surface area contributed by atoms with Gasteiger partial charge in [0.1, 0.15) is 0 Å². The quantitative estimate of drug-likeness (QED) is 0.160. The van der Waals surface area contributed by atoms with Crippen LogP contribution < -0.4 is 294 Å². The molecule has 0 radical (unpaired) electrons. The molecule has 120 heteroatoms. The summed E-state index contributed by atoms with van der Waals surface area (Å²) in [5, 5.41) is 0. The van der Waals surface area contributed by atoms with E-state index in [1.54, 1.807) is 0 Å². The van der Waals surface area contributed by atoms with Crippen molar-refractivity contribution in [3.8, 4) is 0 Å². The van der Waals surface area contributed by atoms with E-state index in [9.17, 15) is 0 Å². The Balaban J connectivity index is -0.0000000144. The van der Waals surface area contributed by atoms with Gasteiger partial charge in [-0.1, -0.05) is 261 Å². The van der Waals surface area contributed by atoms with Gasteiger partial charge < -0.3 is 431 Å². The summed E-state index contributed by atoms with van der Waals surface area (Å²) in [6, 6.07) is 0. The third-order valence-corrected chi connectivity index (χ3v) is 0. The van der Waals surface area contributed by atoms with Crippen LogP contribution in [0.1, 0.15) is 0 Å². The summed E-state index contributed by atoms with van der Waals surface area (Å²) in [5.41, 5.74) is 2.25. The molecule has 0 saturated heterocycles. The van der Waals surface area contributed by atoms with Crippen molar-refractivity contribution >= 4 is 248 Å². The zero-order valence-corrected chi connectivity index (χ0v) is 91.2. The Morgan fingerprint density at radius 3 is 0.0797 bits per heavy atom. The Kier molecular flexibility index (Phi) is 680. The monoisotopic (exact) mass is 2620 g/mol. The molecule has 0 aliphatic carbocycles. The van der Waals surface area contributed by atoms with Crippen molar-refractivity contribution in [1.29, 1.82) is 0 Å². The minimum atomic E-state index is -3.63. The molecule has 0 aromatic carbocycles. The van der Waals surface area contributed by atoms with Crippen molar-refractivity contribution in [2.24, 2.45) is 0 Å². The molecule has 138 heavy (non-hydrogen) atoms. The minimum Gasteiger partial charge on any atom is -0.813 e. The first-order valence-corrected chi connectivity index (χ1v) is 55.8. The van der Waals surface area contributed by atoms with Gasteiger partial charge in [-0.3, -0.25) is 0 Å². The maximum absolute atomic E-state index is 8.52. The summed E-state index contributed by atoms with van der Waals surface area (Å²) < 4.78 is 256. The van der Waals surface area contributed by atoms with E-state index in [4.69, 9.17) is 431 Å². The van der Waals surface area contributed by atoms with Gasteiger partial charge in [0.15, 0.2) is 0 Å². The van der Waals surface area contributed by atoms with Gasteiger partial charge in [0.25, 0.3) is 0 Å². The molecule has 0 unspecified atom stereocenters. The van der Waals surface area contributed by atoms with Gasteiger partial charge >= 0.3 is 111 Å². The normalized spacial score (nSPS) is 7.67. The third-order valence-electron chi connectivity index (χ3n) is 0. The number of rotatable bonds is 0. The van der Waals surface area contributed by atoms with E-state index >= 15 is 0 Å². The van der Waals surface area contributed by atoms with Crippen LogP contribution in [0.4, 0.5) is 0 Å². The molecule has 0 rings (SSSR count). The molecule has 0 aromatic heterocycles. The fraction of sp³-hybridized carbons (Fsp3) is 0. The van der Waals surface area contributed by atoms with Crippen LogP contribution in [0.25, 0.3) is 0 Å². The Morgan fingerprint density at radius 2 is 0.0797 bits per heavy atom. The molecule has 0 aliphatic heterocycles. The van der Waals surface area contributed by atoms with Gasteiger partial charge in [-0.25, -0.2) is 0 Å². The first kappa shape index (κ1) is 306. The molecule has 0 saturated carbocycles. The van der Waals surface area contributed by atoms with Crippen LogP contribution >= 0.6 is 248 Å². The molecule has 0 aromatic rings. The number of hydrogen-bond acceptors (Lipinski definition) is 90. The van der Waals surface area contributed by atoms with Crippen molar-refractivity contribution < 1.29 is 431 Å². The van der Waals surface area contributed by atoms with Crippen molar-refractivity contribution in [1.82, 2.24) is 0 Å². The van der Waals surface area contributed by atoms with Crippen LogP contribution in [0.15, 0.2) is 18.9 Å². The summed E-state index contributed by atoms with van der Waals surface area (Å²) in [6.07, 6.45) is 0. The van der Waals surface area contributed by atoms with Crippen LogP contribution in [0.5, 0.6) is 0 Å². The van der Waals surface area contributed by atoms with Gasteiger partial charge in [0.05, 0.1) is 0 Å². The van der Waals surface area contributed by atoms with Crippen molar-refractivity contribution in [3.05, 3.63) is 130 Å². The average molecular weight is 2620 g/mol. The average Bonchev–Trinajstić information content (AvgIpc) is 3.32. The second kappa shape index (κ2) is 306. The predicted molar refractivity (Wildman–Crippen MR) is 333 cm³/mol. The van der Waals surface area contributed by atoms with Crippen LogP contribution in [0.2, 0.25) is 0 Å². The van der Waals surface area contributed by atoms with E-state index in [0.717, 1.165) is 0 Å². The SMILES string of the molecule is C=C=C.O=[PH]([O-])[O-].O=[PH]([O-])[O-].O=[PH]([O-])[O-].O=[PH]([O-])[O-].O=[PH]([O-])[O-].O=[PH]([O-])[O-].O=[PH]([O-])[O-].O=[PH]([O-])[O-].O=[PH]([O-])[O-].O=[PH]([O-])[O-].O=[PH]([O-])[O-].O=[PH]([O-])[O-].O=[PH]([O-])[O-].O=[PH]([O-])[O-].O=[PH]([O-])[O-].O=[PH]([O-])[O-].O=[PH]([O-])[O-].O=[PH]([O-])[O-].O=[PH]([O-])[O-].O=[PH]([O-])[O-].O=[PH]([O-])[O-].O=[PH]([O-])[O-].O=[PH]([O-])[O-].O=[PH]([O-])[O-].O=[PH]([O-])[O-].O=[PH]([O-])[O-].O=[PH]([O-])[O-].O=[PH]([O-])[O-].O=[PH]([O-])[O-].O=[PH]([O-])[O-].[C+4].[C+4].[C+4].[C+4].[C+4].[C+4].[C+4].[C+4].[C+4].[C+4].[C+4].[C+4].[C+4].[C+4].[C+4]. The van der Waals surface area contributed by atoms with Crippen LogP contribution in [0, 0.1) is 111 Å². The summed E-state index contributed by atoms with van der Waals surface area (Å²) >= 11 is 0. The minimum absolute atomic E-state index is 0. The smallest absolute Gasteiger partial charge is 0.813 e. The van der Waals surface area contributed by atoms with Crippen molar-refractivity contribution in [3.63, 3.8) is 0 Å². The molecule has 0 fully saturated rings. The predicted octanol–water partition coefficient (Wildman–Crippen LogP) is -54.9. The van der Waals surface area contributed by atoms with Gasteiger partial charge in [-0.2, -0.15) is 0 Å². The van der Waals surface area contributed by atoms with E-state index in [0.29, 0.717) is 0 Å². The van der Waals surface area contributed by atoms with Crippen LogP contribution in [0.3, 0.4) is 0 Å². The second-order valence-corrected chi connectivity index (χ2v) is 22.8. The molecule has 0 amide bonds. The Labute approximate surface area is 805 Å². The Morgan fingerprint density at radius 1 is 0.0797 bits per heavy atom. The molecule has 0 aliphatic rings. The van der Waals surface area contributed by atoms with Gasteiger partial charge in [0, 0.05) is 0 Å². The zero-order valence-electron chi connectivity index (χ0n) is 61.2. The molecular formula is C18H34O90P30. The molecule has 0 bridgehead atoms. The molecule has 90 nitrogen and oxygen atoms in total. The Hall–Kier alpha value is 4.02. The largest absolute Gasteiger partial charge is 4.00 e. The maximum Gasteiger partial charge on any atom is 4.00 e. The first-order valence-electron chi connectivity index (χ1n) is 19.1. The summed E-state index contributed by atoms with van der Waals surface area (Å²) in [6.45, 7) is 6.25. The van der Waals surface area contributed by atoms with E-state index in [-0.39, 0.29) is 111 Å². The van der Waals surface area contributed by atoms with Gasteiger partial charge in [-0.15, -0.1) is 5.73 Å². The fourth-order valence-electron chi connectivity index (χ4n) is 0. The first-order chi connectivity index (χ1) is 53.4. The molecule has 0 atom stereocenters. The molecule has 0 N–H and O–H groups in total. The number of hydrogen-bond donors (Lipinski definition) is 0. The second-order valence-electron chi connectivity index (χ2n) is 7.75. The fourth-order valence-corrected chi connectivity index (χ4v) is 0.